The molecular formula is C14H30IN5. The van der Waals surface area contributed by atoms with E-state index < -0.39 is 0 Å². The fourth-order valence-electron chi connectivity index (χ4n) is 2.57. The maximum absolute atomic E-state index is 5.98. The number of guanidine groups is 1. The van der Waals surface area contributed by atoms with Crippen LogP contribution < -0.4 is 5.73 Å². The van der Waals surface area contributed by atoms with Crippen molar-refractivity contribution in [2.75, 3.05) is 53.4 Å². The highest BCUT2D eigenvalue weighted by molar-refractivity contribution is 14.0. The number of hydrogen-bond acceptors (Lipinski definition) is 3. The lowest BCUT2D eigenvalue weighted by Gasteiger charge is -2.20. The topological polar surface area (TPSA) is 48.1 Å². The summed E-state index contributed by atoms with van der Waals surface area (Å²) < 4.78 is 0. The van der Waals surface area contributed by atoms with Gasteiger partial charge in [0.05, 0.1) is 0 Å². The Morgan fingerprint density at radius 3 is 2.70 bits per heavy atom. The van der Waals surface area contributed by atoms with Crippen LogP contribution in [0.5, 0.6) is 0 Å². The first kappa shape index (κ1) is 18.0. The Morgan fingerprint density at radius 1 is 1.25 bits per heavy atom. The SMILES string of the molecule is CN1CCCN(CCCN=C(N)N(C)C2CC2)CC1.I. The van der Waals surface area contributed by atoms with Crippen molar-refractivity contribution in [2.24, 2.45) is 10.7 Å². The first-order valence-corrected chi connectivity index (χ1v) is 7.60. The first-order valence-electron chi connectivity index (χ1n) is 7.60. The Balaban J connectivity index is 0.00000200. The van der Waals surface area contributed by atoms with Crippen molar-refractivity contribution in [1.29, 1.82) is 0 Å². The molecule has 2 aliphatic rings. The van der Waals surface area contributed by atoms with E-state index in [9.17, 15) is 0 Å². The number of rotatable bonds is 5. The second kappa shape index (κ2) is 9.04. The fraction of sp³-hybridized carbons (Fsp3) is 0.929. The molecule has 1 aliphatic carbocycles. The number of halogens is 1. The fourth-order valence-corrected chi connectivity index (χ4v) is 2.57. The zero-order chi connectivity index (χ0) is 13.7. The van der Waals surface area contributed by atoms with Crippen molar-refractivity contribution in [3.63, 3.8) is 0 Å². The average Bonchev–Trinajstić information content (AvgIpc) is 3.22. The highest BCUT2D eigenvalue weighted by Gasteiger charge is 2.27. The van der Waals surface area contributed by atoms with Gasteiger partial charge in [0, 0.05) is 32.7 Å². The van der Waals surface area contributed by atoms with Crippen molar-refractivity contribution in [3.05, 3.63) is 0 Å². The van der Waals surface area contributed by atoms with Crippen LogP contribution in [-0.2, 0) is 0 Å². The van der Waals surface area contributed by atoms with E-state index >= 15 is 0 Å². The lowest BCUT2D eigenvalue weighted by atomic mass is 10.3. The summed E-state index contributed by atoms with van der Waals surface area (Å²) in [6, 6.07) is 0.657. The zero-order valence-electron chi connectivity index (χ0n) is 12.9. The summed E-state index contributed by atoms with van der Waals surface area (Å²) in [6.45, 7) is 6.85. The van der Waals surface area contributed by atoms with Gasteiger partial charge < -0.3 is 20.4 Å². The van der Waals surface area contributed by atoms with E-state index in [2.05, 4.69) is 33.8 Å². The van der Waals surface area contributed by atoms with Crippen LogP contribution in [0.15, 0.2) is 4.99 Å². The van der Waals surface area contributed by atoms with E-state index in [0.717, 1.165) is 25.5 Å². The second-order valence-electron chi connectivity index (χ2n) is 5.93. The summed E-state index contributed by atoms with van der Waals surface area (Å²) in [5.41, 5.74) is 5.98. The van der Waals surface area contributed by atoms with Crippen LogP contribution in [-0.4, -0.2) is 80.1 Å². The Kier molecular flexibility index (Phi) is 8.13. The van der Waals surface area contributed by atoms with Crippen molar-refractivity contribution >= 4 is 29.9 Å². The maximum Gasteiger partial charge on any atom is 0.191 e. The first-order chi connectivity index (χ1) is 9.16. The van der Waals surface area contributed by atoms with E-state index in [4.69, 9.17) is 5.73 Å². The monoisotopic (exact) mass is 395 g/mol. The van der Waals surface area contributed by atoms with Crippen LogP contribution in [0.25, 0.3) is 0 Å². The molecule has 6 heteroatoms. The smallest absolute Gasteiger partial charge is 0.191 e. The number of likely N-dealkylation sites (N-methyl/N-ethyl adjacent to an activating group) is 1. The highest BCUT2D eigenvalue weighted by atomic mass is 127. The highest BCUT2D eigenvalue weighted by Crippen LogP contribution is 2.24. The Labute approximate surface area is 140 Å². The van der Waals surface area contributed by atoms with E-state index in [1.807, 2.05) is 0 Å². The van der Waals surface area contributed by atoms with Crippen LogP contribution >= 0.6 is 24.0 Å². The predicted octanol–water partition coefficient (Wildman–Crippen LogP) is 1.04. The molecule has 0 bridgehead atoms. The molecule has 0 spiro atoms. The van der Waals surface area contributed by atoms with Crippen molar-refractivity contribution < 1.29 is 0 Å². The summed E-state index contributed by atoms with van der Waals surface area (Å²) in [7, 11) is 4.27. The van der Waals surface area contributed by atoms with Crippen molar-refractivity contribution in [2.45, 2.75) is 31.7 Å². The Bertz CT molecular complexity index is 306. The maximum atomic E-state index is 5.98. The van der Waals surface area contributed by atoms with Crippen LogP contribution in [0.2, 0.25) is 0 Å². The third-order valence-corrected chi connectivity index (χ3v) is 4.17. The van der Waals surface area contributed by atoms with Crippen molar-refractivity contribution in [3.8, 4) is 0 Å². The van der Waals surface area contributed by atoms with Gasteiger partial charge in [-0.15, -0.1) is 24.0 Å². The van der Waals surface area contributed by atoms with Gasteiger partial charge >= 0.3 is 0 Å². The quantitative estimate of drug-likeness (QED) is 0.327. The second-order valence-corrected chi connectivity index (χ2v) is 5.93. The number of nitrogens with zero attached hydrogens (tertiary/aromatic N) is 4. The van der Waals surface area contributed by atoms with Gasteiger partial charge in [-0.2, -0.15) is 0 Å². The number of nitrogens with two attached hydrogens (primary N) is 1. The summed E-state index contributed by atoms with van der Waals surface area (Å²) in [5.74, 6) is 0.720. The molecule has 5 nitrogen and oxygen atoms in total. The van der Waals surface area contributed by atoms with Gasteiger partial charge in [0.15, 0.2) is 5.96 Å². The zero-order valence-corrected chi connectivity index (χ0v) is 15.3. The van der Waals surface area contributed by atoms with Crippen molar-refractivity contribution in [1.82, 2.24) is 14.7 Å². The average molecular weight is 395 g/mol. The van der Waals surface area contributed by atoms with Gasteiger partial charge in [-0.05, 0) is 52.4 Å². The number of hydrogen-bond donors (Lipinski definition) is 1. The largest absolute Gasteiger partial charge is 0.370 e. The molecule has 2 fully saturated rings. The van der Waals surface area contributed by atoms with Crippen LogP contribution in [0, 0.1) is 0 Å². The van der Waals surface area contributed by atoms with E-state index in [-0.39, 0.29) is 24.0 Å². The molecule has 118 valence electrons. The lowest BCUT2D eigenvalue weighted by molar-refractivity contribution is 0.275. The van der Waals surface area contributed by atoms with Gasteiger partial charge in [-0.25, -0.2) is 0 Å². The molecule has 1 saturated carbocycles. The molecule has 0 aromatic carbocycles. The third kappa shape index (κ3) is 6.13. The molecule has 1 aliphatic heterocycles. The number of aliphatic imine (C=N–C) groups is 1. The van der Waals surface area contributed by atoms with Gasteiger partial charge in [-0.3, -0.25) is 4.99 Å². The minimum Gasteiger partial charge on any atom is -0.370 e. The molecule has 1 saturated heterocycles. The van der Waals surface area contributed by atoms with Gasteiger partial charge in [0.1, 0.15) is 0 Å². The molecule has 1 heterocycles. The predicted molar refractivity (Wildman–Crippen MR) is 95.9 cm³/mol. The van der Waals surface area contributed by atoms with Crippen LogP contribution in [0.1, 0.15) is 25.7 Å². The summed E-state index contributed by atoms with van der Waals surface area (Å²) >= 11 is 0. The normalized spacial score (nSPS) is 22.2. The van der Waals surface area contributed by atoms with Gasteiger partial charge in [-0.1, -0.05) is 0 Å². The van der Waals surface area contributed by atoms with E-state index in [0.29, 0.717) is 6.04 Å². The minimum atomic E-state index is 0. The standard InChI is InChI=1S/C14H29N5.HI/c1-17-8-4-10-19(12-11-17)9-3-7-16-14(15)18(2)13-5-6-13;/h13H,3-12H2,1-2H3,(H2,15,16);1H. The molecule has 2 N–H and O–H groups in total. The summed E-state index contributed by atoms with van der Waals surface area (Å²) in [4.78, 5) is 11.6. The van der Waals surface area contributed by atoms with Crippen LogP contribution in [0.4, 0.5) is 0 Å². The third-order valence-electron chi connectivity index (χ3n) is 4.17. The van der Waals surface area contributed by atoms with E-state index in [1.165, 1.54) is 45.4 Å². The van der Waals surface area contributed by atoms with E-state index in [1.54, 1.807) is 0 Å². The molecule has 0 atom stereocenters. The summed E-state index contributed by atoms with van der Waals surface area (Å²) in [6.07, 6.45) is 4.94. The van der Waals surface area contributed by atoms with Gasteiger partial charge in [0.2, 0.25) is 0 Å². The lowest BCUT2D eigenvalue weighted by Crippen LogP contribution is -2.36. The van der Waals surface area contributed by atoms with Gasteiger partial charge in [0.25, 0.3) is 0 Å². The molecule has 0 radical (unpaired) electrons. The molecule has 0 unspecified atom stereocenters. The Hall–Kier alpha value is -0.0800. The minimum absolute atomic E-state index is 0. The molecule has 2 rings (SSSR count). The molecule has 0 aromatic heterocycles. The van der Waals surface area contributed by atoms with Crippen LogP contribution in [0.3, 0.4) is 0 Å². The summed E-state index contributed by atoms with van der Waals surface area (Å²) in [5, 5.41) is 0. The molecule has 20 heavy (non-hydrogen) atoms. The molecular weight excluding hydrogens is 365 g/mol. The Morgan fingerprint density at radius 2 is 2.00 bits per heavy atom. The molecule has 0 aromatic rings. The molecule has 0 amide bonds.